The van der Waals surface area contributed by atoms with Gasteiger partial charge in [-0.3, -0.25) is 9.59 Å². The van der Waals surface area contributed by atoms with Gasteiger partial charge in [-0.15, -0.1) is 0 Å². The van der Waals surface area contributed by atoms with Crippen LogP contribution in [0, 0.1) is 11.3 Å². The molecule has 2 aromatic rings. The van der Waals surface area contributed by atoms with Crippen molar-refractivity contribution >= 4 is 27.6 Å². The van der Waals surface area contributed by atoms with Gasteiger partial charge in [0.05, 0.1) is 17.4 Å². The van der Waals surface area contributed by atoms with Crippen LogP contribution in [0.5, 0.6) is 0 Å². The van der Waals surface area contributed by atoms with Crippen LogP contribution in [0.2, 0.25) is 0 Å². The molecular weight excluding hydrogens is 410 g/mol. The van der Waals surface area contributed by atoms with Crippen molar-refractivity contribution in [2.75, 3.05) is 12.3 Å². The molecule has 0 aliphatic carbocycles. The Kier molecular flexibility index (Phi) is 7.66. The van der Waals surface area contributed by atoms with E-state index in [-0.39, 0.29) is 23.2 Å². The van der Waals surface area contributed by atoms with Crippen LogP contribution < -0.4 is 10.6 Å². The molecule has 2 aromatic carbocycles. The van der Waals surface area contributed by atoms with Crippen molar-refractivity contribution in [3.63, 3.8) is 0 Å². The van der Waals surface area contributed by atoms with Crippen LogP contribution in [-0.2, 0) is 14.6 Å². The molecule has 1 atom stereocenters. The summed E-state index contributed by atoms with van der Waals surface area (Å²) in [6.07, 6.45) is -0.447. The molecule has 0 saturated heterocycles. The number of carboxylic acid groups (broad SMARTS) is 1. The van der Waals surface area contributed by atoms with E-state index in [2.05, 4.69) is 10.6 Å². The summed E-state index contributed by atoms with van der Waals surface area (Å²) in [6, 6.07) is 15.0. The Bertz CT molecular complexity index is 1080. The highest BCUT2D eigenvalue weighted by Gasteiger charge is 2.32. The zero-order valence-corrected chi connectivity index (χ0v) is 16.6. The summed E-state index contributed by atoms with van der Waals surface area (Å²) in [6.45, 7) is -0.269. The molecular formula is C20H19N3O6S. The third kappa shape index (κ3) is 5.89. The van der Waals surface area contributed by atoms with E-state index in [0.717, 1.165) is 0 Å². The maximum atomic E-state index is 13.0. The summed E-state index contributed by atoms with van der Waals surface area (Å²) in [5, 5.41) is 20.9. The Labute approximate surface area is 173 Å². The molecule has 30 heavy (non-hydrogen) atoms. The number of aromatic carboxylic acids is 1. The smallest absolute Gasteiger partial charge is 0.336 e. The van der Waals surface area contributed by atoms with Gasteiger partial charge in [0.1, 0.15) is 6.54 Å². The third-order valence-corrected chi connectivity index (χ3v) is 5.97. The summed E-state index contributed by atoms with van der Waals surface area (Å²) >= 11 is 0. The number of sulfone groups is 1. The summed E-state index contributed by atoms with van der Waals surface area (Å²) in [4.78, 5) is 35.9. The van der Waals surface area contributed by atoms with Gasteiger partial charge < -0.3 is 15.7 Å². The molecule has 156 valence electrons. The van der Waals surface area contributed by atoms with Gasteiger partial charge >= 0.3 is 5.97 Å². The van der Waals surface area contributed by atoms with Gasteiger partial charge in [0.25, 0.3) is 5.91 Å². The van der Waals surface area contributed by atoms with Crippen LogP contribution in [0.25, 0.3) is 0 Å². The Hall–Kier alpha value is -3.71. The minimum Gasteiger partial charge on any atom is -0.478 e. The highest BCUT2D eigenvalue weighted by molar-refractivity contribution is 7.91. The van der Waals surface area contributed by atoms with E-state index in [1.165, 1.54) is 36.4 Å². The molecule has 0 aliphatic heterocycles. The first kappa shape index (κ1) is 22.6. The van der Waals surface area contributed by atoms with Gasteiger partial charge in [-0.05, 0) is 18.2 Å². The van der Waals surface area contributed by atoms with Crippen LogP contribution in [0.15, 0.2) is 54.6 Å². The maximum Gasteiger partial charge on any atom is 0.336 e. The fraction of sp³-hybridized carbons (Fsp3) is 0.200. The molecule has 9 nitrogen and oxygen atoms in total. The average Bonchev–Trinajstić information content (AvgIpc) is 2.75. The van der Waals surface area contributed by atoms with Crippen molar-refractivity contribution in [3.05, 3.63) is 71.3 Å². The van der Waals surface area contributed by atoms with E-state index in [4.69, 9.17) is 5.26 Å². The van der Waals surface area contributed by atoms with Gasteiger partial charge in [0, 0.05) is 17.5 Å². The van der Waals surface area contributed by atoms with E-state index in [0.29, 0.717) is 0 Å². The SMILES string of the molecule is N#CCNC(=O)CCS(=O)(=O)C(NC(=O)c1ccccc1)c1ccccc1C(=O)O. The lowest BCUT2D eigenvalue weighted by Crippen LogP contribution is -2.37. The molecule has 0 aliphatic rings. The number of hydrogen-bond donors (Lipinski definition) is 3. The second-order valence-corrected chi connectivity index (χ2v) is 8.37. The van der Waals surface area contributed by atoms with Gasteiger partial charge in [0.2, 0.25) is 5.91 Å². The lowest BCUT2D eigenvalue weighted by Gasteiger charge is -2.21. The Morgan fingerprint density at radius 2 is 1.67 bits per heavy atom. The number of nitrogens with zero attached hydrogens (tertiary/aromatic N) is 1. The molecule has 0 heterocycles. The quantitative estimate of drug-likeness (QED) is 0.507. The van der Waals surface area contributed by atoms with E-state index < -0.39 is 45.2 Å². The first-order chi connectivity index (χ1) is 14.3. The first-order valence-electron chi connectivity index (χ1n) is 8.79. The average molecular weight is 429 g/mol. The molecule has 0 aromatic heterocycles. The second kappa shape index (κ2) is 10.2. The minimum absolute atomic E-state index is 0.119. The molecule has 2 rings (SSSR count). The largest absolute Gasteiger partial charge is 0.478 e. The number of nitriles is 1. The second-order valence-electron chi connectivity index (χ2n) is 6.16. The number of nitrogens with one attached hydrogen (secondary N) is 2. The third-order valence-electron chi connectivity index (χ3n) is 4.11. The molecule has 0 bridgehead atoms. The molecule has 1 unspecified atom stereocenters. The molecule has 3 N–H and O–H groups in total. The fourth-order valence-corrected chi connectivity index (χ4v) is 4.24. The highest BCUT2D eigenvalue weighted by atomic mass is 32.2. The molecule has 0 saturated carbocycles. The summed E-state index contributed by atoms with van der Waals surface area (Å²) in [5.41, 5.74) is -0.211. The lowest BCUT2D eigenvalue weighted by atomic mass is 10.1. The van der Waals surface area contributed by atoms with Crippen LogP contribution in [0.1, 0.15) is 38.1 Å². The molecule has 0 spiro atoms. The van der Waals surface area contributed by atoms with E-state index in [1.807, 2.05) is 0 Å². The van der Waals surface area contributed by atoms with Crippen LogP contribution in [0.3, 0.4) is 0 Å². The van der Waals surface area contributed by atoms with Crippen LogP contribution in [-0.4, -0.2) is 43.6 Å². The number of carbonyl (C=O) groups excluding carboxylic acids is 2. The van der Waals surface area contributed by atoms with Gasteiger partial charge in [0.15, 0.2) is 15.2 Å². The number of carboxylic acids is 1. The number of amides is 2. The Morgan fingerprint density at radius 3 is 2.30 bits per heavy atom. The van der Waals surface area contributed by atoms with Gasteiger partial charge in [-0.1, -0.05) is 36.4 Å². The van der Waals surface area contributed by atoms with Crippen molar-refractivity contribution in [1.82, 2.24) is 10.6 Å². The van der Waals surface area contributed by atoms with Crippen molar-refractivity contribution in [2.45, 2.75) is 11.8 Å². The Balaban J connectivity index is 2.38. The van der Waals surface area contributed by atoms with Gasteiger partial charge in [-0.2, -0.15) is 5.26 Å². The Morgan fingerprint density at radius 1 is 1.03 bits per heavy atom. The van der Waals surface area contributed by atoms with E-state index >= 15 is 0 Å². The number of rotatable bonds is 9. The zero-order valence-electron chi connectivity index (χ0n) is 15.7. The van der Waals surface area contributed by atoms with Gasteiger partial charge in [-0.25, -0.2) is 13.2 Å². The topological polar surface area (TPSA) is 153 Å². The van der Waals surface area contributed by atoms with Crippen LogP contribution >= 0.6 is 0 Å². The monoisotopic (exact) mass is 429 g/mol. The summed E-state index contributed by atoms with van der Waals surface area (Å²) in [5.74, 6) is -3.37. The predicted molar refractivity (Wildman–Crippen MR) is 107 cm³/mol. The predicted octanol–water partition coefficient (Wildman–Crippen LogP) is 1.26. The van der Waals surface area contributed by atoms with Crippen molar-refractivity contribution in [1.29, 1.82) is 5.26 Å². The van der Waals surface area contributed by atoms with E-state index in [1.54, 1.807) is 24.3 Å². The highest BCUT2D eigenvalue weighted by Crippen LogP contribution is 2.25. The summed E-state index contributed by atoms with van der Waals surface area (Å²) in [7, 11) is -4.19. The number of hydrogen-bond acceptors (Lipinski definition) is 6. The fourth-order valence-electron chi connectivity index (χ4n) is 2.65. The van der Waals surface area contributed by atoms with E-state index in [9.17, 15) is 27.9 Å². The first-order valence-corrected chi connectivity index (χ1v) is 10.5. The molecule has 0 fully saturated rings. The minimum atomic E-state index is -4.19. The van der Waals surface area contributed by atoms with Crippen molar-refractivity contribution in [3.8, 4) is 6.07 Å². The lowest BCUT2D eigenvalue weighted by molar-refractivity contribution is -0.120. The normalized spacial score (nSPS) is 11.7. The summed E-state index contributed by atoms with van der Waals surface area (Å²) < 4.78 is 26.0. The standard InChI is InChI=1S/C20H19N3O6S/c21-11-12-22-17(24)10-13-30(28,29)19(15-8-4-5-9-16(15)20(26)27)23-18(25)14-6-2-1-3-7-14/h1-9,19H,10,12-13H2,(H,22,24)(H,23,25)(H,26,27). The van der Waals surface area contributed by atoms with Crippen LogP contribution in [0.4, 0.5) is 0 Å². The van der Waals surface area contributed by atoms with Crippen molar-refractivity contribution < 1.29 is 27.9 Å². The molecule has 0 radical (unpaired) electrons. The molecule has 10 heteroatoms. The zero-order chi connectivity index (χ0) is 22.1. The number of benzene rings is 2. The van der Waals surface area contributed by atoms with Crippen molar-refractivity contribution in [2.24, 2.45) is 0 Å². The maximum absolute atomic E-state index is 13.0. The molecule has 2 amide bonds. The number of carbonyl (C=O) groups is 3.